The lowest BCUT2D eigenvalue weighted by molar-refractivity contribution is 0.340. The Morgan fingerprint density at radius 2 is 1.85 bits per heavy atom. The lowest BCUT2D eigenvalue weighted by atomic mass is 10.2. The van der Waals surface area contributed by atoms with Crippen LogP contribution in [0.4, 0.5) is 5.69 Å². The Labute approximate surface area is 118 Å². The number of anilines is 1. The lowest BCUT2D eigenvalue weighted by Gasteiger charge is -2.07. The predicted molar refractivity (Wildman–Crippen MR) is 83.1 cm³/mol. The summed E-state index contributed by atoms with van der Waals surface area (Å²) >= 11 is 0. The molecule has 0 saturated carbocycles. The molecule has 1 aromatic heterocycles. The number of hydrogen-bond acceptors (Lipinski definition) is 2. The van der Waals surface area contributed by atoms with Gasteiger partial charge >= 0.3 is 0 Å². The maximum atomic E-state index is 5.72. The van der Waals surface area contributed by atoms with Crippen molar-refractivity contribution in [3.05, 3.63) is 60.3 Å². The first-order chi connectivity index (χ1) is 9.76. The summed E-state index contributed by atoms with van der Waals surface area (Å²) < 4.78 is 7.76. The van der Waals surface area contributed by atoms with E-state index in [9.17, 15) is 0 Å². The van der Waals surface area contributed by atoms with Gasteiger partial charge in [0.1, 0.15) is 5.75 Å². The summed E-state index contributed by atoms with van der Waals surface area (Å²) in [6.07, 6.45) is 2.11. The van der Waals surface area contributed by atoms with Gasteiger partial charge in [-0.2, -0.15) is 0 Å². The smallest absolute Gasteiger partial charge is 0.120 e. The number of nitrogen functional groups attached to an aromatic ring is 1. The number of nitrogens with zero attached hydrogens (tertiary/aromatic N) is 1. The van der Waals surface area contributed by atoms with Gasteiger partial charge < -0.3 is 15.0 Å². The van der Waals surface area contributed by atoms with Crippen molar-refractivity contribution >= 4 is 16.6 Å². The van der Waals surface area contributed by atoms with E-state index in [4.69, 9.17) is 10.5 Å². The molecule has 2 aromatic carbocycles. The molecule has 3 nitrogen and oxygen atoms in total. The summed E-state index contributed by atoms with van der Waals surface area (Å²) in [5.41, 5.74) is 8.97. The second-order valence-electron chi connectivity index (χ2n) is 4.84. The van der Waals surface area contributed by atoms with Gasteiger partial charge in [-0.1, -0.05) is 12.1 Å². The van der Waals surface area contributed by atoms with Gasteiger partial charge in [0.15, 0.2) is 0 Å². The molecule has 2 N–H and O–H groups in total. The van der Waals surface area contributed by atoms with Crippen molar-refractivity contribution < 1.29 is 4.74 Å². The van der Waals surface area contributed by atoms with E-state index < -0.39 is 0 Å². The molecule has 0 saturated heterocycles. The molecule has 3 heteroatoms. The minimum atomic E-state index is 0.692. The van der Waals surface area contributed by atoms with Crippen LogP contribution in [0.2, 0.25) is 0 Å². The van der Waals surface area contributed by atoms with Crippen molar-refractivity contribution in [3.63, 3.8) is 0 Å². The van der Waals surface area contributed by atoms with Gasteiger partial charge in [0, 0.05) is 29.3 Å². The molecular weight excluding hydrogens is 248 g/mol. The molecule has 3 rings (SSSR count). The van der Waals surface area contributed by atoms with Crippen LogP contribution in [0.15, 0.2) is 54.7 Å². The first kappa shape index (κ1) is 12.6. The largest absolute Gasteiger partial charge is 0.494 e. The second-order valence-corrected chi connectivity index (χ2v) is 4.84. The molecule has 0 amide bonds. The zero-order valence-electron chi connectivity index (χ0n) is 11.5. The van der Waals surface area contributed by atoms with Crippen LogP contribution in [0.25, 0.3) is 10.9 Å². The highest BCUT2D eigenvalue weighted by Gasteiger charge is 2.03. The topological polar surface area (TPSA) is 40.2 Å². The van der Waals surface area contributed by atoms with Crippen molar-refractivity contribution in [1.82, 2.24) is 4.57 Å². The minimum Gasteiger partial charge on any atom is -0.494 e. The highest BCUT2D eigenvalue weighted by molar-refractivity contribution is 5.81. The van der Waals surface area contributed by atoms with E-state index in [0.717, 1.165) is 18.0 Å². The van der Waals surface area contributed by atoms with E-state index in [2.05, 4.69) is 41.1 Å². The Kier molecular flexibility index (Phi) is 3.33. The summed E-state index contributed by atoms with van der Waals surface area (Å²) in [5.74, 6) is 0.922. The van der Waals surface area contributed by atoms with Gasteiger partial charge in [-0.05, 0) is 48.9 Å². The molecule has 0 atom stereocenters. The molecule has 0 fully saturated rings. The summed E-state index contributed by atoms with van der Waals surface area (Å²) in [5, 5.41) is 1.20. The van der Waals surface area contributed by atoms with Gasteiger partial charge in [0.2, 0.25) is 0 Å². The van der Waals surface area contributed by atoms with E-state index in [0.29, 0.717) is 6.61 Å². The summed E-state index contributed by atoms with van der Waals surface area (Å²) in [4.78, 5) is 0. The van der Waals surface area contributed by atoms with Crippen molar-refractivity contribution in [2.24, 2.45) is 0 Å². The zero-order valence-corrected chi connectivity index (χ0v) is 11.5. The Hall–Kier alpha value is -2.42. The van der Waals surface area contributed by atoms with E-state index in [-0.39, 0.29) is 0 Å². The van der Waals surface area contributed by atoms with Gasteiger partial charge in [0.25, 0.3) is 0 Å². The number of rotatable bonds is 4. The van der Waals surface area contributed by atoms with Gasteiger partial charge in [-0.3, -0.25) is 0 Å². The van der Waals surface area contributed by atoms with E-state index >= 15 is 0 Å². The average molecular weight is 266 g/mol. The Morgan fingerprint density at radius 3 is 2.60 bits per heavy atom. The third kappa shape index (κ3) is 2.48. The molecule has 0 spiro atoms. The van der Waals surface area contributed by atoms with Crippen LogP contribution in [-0.4, -0.2) is 11.2 Å². The number of benzene rings is 2. The molecule has 0 bridgehead atoms. The maximum Gasteiger partial charge on any atom is 0.120 e. The van der Waals surface area contributed by atoms with Crippen LogP contribution in [0, 0.1) is 0 Å². The summed E-state index contributed by atoms with van der Waals surface area (Å²) in [6.45, 7) is 3.53. The monoisotopic (exact) mass is 266 g/mol. The van der Waals surface area contributed by atoms with E-state index in [1.807, 2.05) is 25.1 Å². The van der Waals surface area contributed by atoms with Crippen molar-refractivity contribution in [3.8, 4) is 5.75 Å². The highest BCUT2D eigenvalue weighted by Crippen LogP contribution is 2.23. The fraction of sp³-hybridized carbons (Fsp3) is 0.176. The van der Waals surface area contributed by atoms with Crippen LogP contribution in [0.5, 0.6) is 5.75 Å². The van der Waals surface area contributed by atoms with Crippen LogP contribution in [-0.2, 0) is 6.54 Å². The molecule has 20 heavy (non-hydrogen) atoms. The number of fused-ring (bicyclic) bond motifs is 1. The van der Waals surface area contributed by atoms with Crippen LogP contribution >= 0.6 is 0 Å². The Balaban J connectivity index is 1.90. The normalized spacial score (nSPS) is 10.8. The molecule has 3 aromatic rings. The lowest BCUT2D eigenvalue weighted by Crippen LogP contribution is -1.98. The predicted octanol–water partition coefficient (Wildman–Crippen LogP) is 3.67. The molecule has 0 aliphatic heterocycles. The van der Waals surface area contributed by atoms with Gasteiger partial charge in [0.05, 0.1) is 6.61 Å². The molecule has 1 heterocycles. The SMILES string of the molecule is CCOc1ccc2c(ccn2Cc2ccc(N)cc2)c1. The standard InChI is InChI=1S/C17H18N2O/c1-2-20-16-7-8-17-14(11-16)9-10-19(17)12-13-3-5-15(18)6-4-13/h3-11H,2,12,18H2,1H3. The third-order valence-corrected chi connectivity index (χ3v) is 3.39. The fourth-order valence-electron chi connectivity index (χ4n) is 2.39. The zero-order chi connectivity index (χ0) is 13.9. The van der Waals surface area contributed by atoms with Crippen LogP contribution in [0.3, 0.4) is 0 Å². The van der Waals surface area contributed by atoms with Crippen LogP contribution < -0.4 is 10.5 Å². The molecule has 102 valence electrons. The van der Waals surface area contributed by atoms with Crippen molar-refractivity contribution in [2.75, 3.05) is 12.3 Å². The first-order valence-electron chi connectivity index (χ1n) is 6.82. The first-order valence-corrected chi connectivity index (χ1v) is 6.82. The Bertz CT molecular complexity index is 713. The minimum absolute atomic E-state index is 0.692. The summed E-state index contributed by atoms with van der Waals surface area (Å²) in [6, 6.07) is 16.3. The second kappa shape index (κ2) is 5.29. The van der Waals surface area contributed by atoms with Gasteiger partial charge in [-0.15, -0.1) is 0 Å². The van der Waals surface area contributed by atoms with Crippen molar-refractivity contribution in [2.45, 2.75) is 13.5 Å². The fourth-order valence-corrected chi connectivity index (χ4v) is 2.39. The summed E-state index contributed by atoms with van der Waals surface area (Å²) in [7, 11) is 0. The third-order valence-electron chi connectivity index (χ3n) is 3.39. The van der Waals surface area contributed by atoms with Crippen molar-refractivity contribution in [1.29, 1.82) is 0 Å². The quantitative estimate of drug-likeness (QED) is 0.732. The molecule has 0 unspecified atom stereocenters. The molecule has 0 aliphatic rings. The number of ether oxygens (including phenoxy) is 1. The number of aromatic nitrogens is 1. The number of hydrogen-bond donors (Lipinski definition) is 1. The molecular formula is C17H18N2O. The Morgan fingerprint density at radius 1 is 1.05 bits per heavy atom. The van der Waals surface area contributed by atoms with E-state index in [1.54, 1.807) is 0 Å². The van der Waals surface area contributed by atoms with Crippen LogP contribution in [0.1, 0.15) is 12.5 Å². The maximum absolute atomic E-state index is 5.72. The highest BCUT2D eigenvalue weighted by atomic mass is 16.5. The number of nitrogens with two attached hydrogens (primary N) is 1. The van der Waals surface area contributed by atoms with Gasteiger partial charge in [-0.25, -0.2) is 0 Å². The van der Waals surface area contributed by atoms with E-state index in [1.165, 1.54) is 16.5 Å². The average Bonchev–Trinajstić information content (AvgIpc) is 2.84. The molecule has 0 radical (unpaired) electrons. The molecule has 0 aliphatic carbocycles.